The average Bonchev–Trinajstić information content (AvgIpc) is 2.71. The second-order valence-corrected chi connectivity index (χ2v) is 3.92. The van der Waals surface area contributed by atoms with Crippen LogP contribution < -0.4 is 5.32 Å². The molecule has 1 fully saturated rings. The van der Waals surface area contributed by atoms with E-state index in [1.807, 2.05) is 6.92 Å². The van der Waals surface area contributed by atoms with Crippen LogP contribution >= 0.6 is 0 Å². The summed E-state index contributed by atoms with van der Waals surface area (Å²) in [5.41, 5.74) is 0. The molecule has 1 N–H and O–H groups in total. The first kappa shape index (κ1) is 11.8. The molecule has 15 heavy (non-hydrogen) atoms. The smallest absolute Gasteiger partial charge is 0.317 e. The van der Waals surface area contributed by atoms with Crippen LogP contribution in [0.2, 0.25) is 0 Å². The lowest BCUT2D eigenvalue weighted by molar-refractivity contribution is 0.197. The summed E-state index contributed by atoms with van der Waals surface area (Å²) >= 11 is 0. The van der Waals surface area contributed by atoms with Gasteiger partial charge in [0.05, 0.1) is 12.5 Å². The van der Waals surface area contributed by atoms with Crippen molar-refractivity contribution in [1.82, 2.24) is 10.2 Å². The zero-order valence-electron chi connectivity index (χ0n) is 9.33. The number of nitriles is 1. The topological polar surface area (TPSA) is 56.1 Å². The standard InChI is InChI=1S/C11H19N3O/c1-2-14(9-5-8-12)11(15)13-10-6-3-4-7-10/h10H,2-7,9H2,1H3,(H,13,15). The van der Waals surface area contributed by atoms with E-state index in [1.165, 1.54) is 12.8 Å². The third kappa shape index (κ3) is 3.78. The molecule has 2 amide bonds. The number of amides is 2. The van der Waals surface area contributed by atoms with Crippen LogP contribution in [0.15, 0.2) is 0 Å². The van der Waals surface area contributed by atoms with Crippen molar-refractivity contribution in [2.45, 2.75) is 45.1 Å². The minimum Gasteiger partial charge on any atom is -0.335 e. The molecule has 0 saturated heterocycles. The summed E-state index contributed by atoms with van der Waals surface area (Å²) in [7, 11) is 0. The Balaban J connectivity index is 2.32. The van der Waals surface area contributed by atoms with E-state index in [9.17, 15) is 4.79 Å². The van der Waals surface area contributed by atoms with Gasteiger partial charge in [0.2, 0.25) is 0 Å². The Bertz CT molecular complexity index is 241. The number of hydrogen-bond donors (Lipinski definition) is 1. The predicted octanol–water partition coefficient (Wildman–Crippen LogP) is 1.87. The summed E-state index contributed by atoms with van der Waals surface area (Å²) in [6.45, 7) is 3.14. The van der Waals surface area contributed by atoms with Gasteiger partial charge in [0, 0.05) is 19.1 Å². The lowest BCUT2D eigenvalue weighted by atomic mass is 10.2. The van der Waals surface area contributed by atoms with Crippen LogP contribution in [-0.4, -0.2) is 30.1 Å². The number of hydrogen-bond acceptors (Lipinski definition) is 2. The molecule has 4 heteroatoms. The van der Waals surface area contributed by atoms with Gasteiger partial charge in [-0.2, -0.15) is 5.26 Å². The second-order valence-electron chi connectivity index (χ2n) is 3.92. The summed E-state index contributed by atoms with van der Waals surface area (Å²) < 4.78 is 0. The highest BCUT2D eigenvalue weighted by atomic mass is 16.2. The zero-order chi connectivity index (χ0) is 11.1. The summed E-state index contributed by atoms with van der Waals surface area (Å²) in [6.07, 6.45) is 5.04. The molecule has 0 aromatic heterocycles. The fourth-order valence-corrected chi connectivity index (χ4v) is 1.92. The molecule has 1 rings (SSSR count). The normalized spacial score (nSPS) is 16.0. The van der Waals surface area contributed by atoms with Crippen LogP contribution in [0.4, 0.5) is 4.79 Å². The van der Waals surface area contributed by atoms with E-state index in [4.69, 9.17) is 5.26 Å². The monoisotopic (exact) mass is 209 g/mol. The van der Waals surface area contributed by atoms with Crippen molar-refractivity contribution in [1.29, 1.82) is 5.26 Å². The van der Waals surface area contributed by atoms with Crippen LogP contribution in [0.25, 0.3) is 0 Å². The first-order chi connectivity index (χ1) is 7.27. The maximum atomic E-state index is 11.7. The van der Waals surface area contributed by atoms with Crippen molar-refractivity contribution in [2.75, 3.05) is 13.1 Å². The van der Waals surface area contributed by atoms with Gasteiger partial charge in [-0.05, 0) is 19.8 Å². The Kier molecular flexibility index (Phi) is 4.96. The minimum atomic E-state index is -0.0142. The van der Waals surface area contributed by atoms with Crippen LogP contribution in [0, 0.1) is 11.3 Å². The molecule has 4 nitrogen and oxygen atoms in total. The molecule has 0 radical (unpaired) electrons. The summed E-state index contributed by atoms with van der Waals surface area (Å²) in [5, 5.41) is 11.5. The summed E-state index contributed by atoms with van der Waals surface area (Å²) in [4.78, 5) is 13.4. The van der Waals surface area contributed by atoms with Crippen molar-refractivity contribution < 1.29 is 4.79 Å². The van der Waals surface area contributed by atoms with Gasteiger partial charge in [0.15, 0.2) is 0 Å². The molecule has 1 aliphatic rings. The van der Waals surface area contributed by atoms with E-state index in [0.717, 1.165) is 12.8 Å². The van der Waals surface area contributed by atoms with Crippen LogP contribution in [-0.2, 0) is 0 Å². The Morgan fingerprint density at radius 3 is 2.73 bits per heavy atom. The van der Waals surface area contributed by atoms with Crippen molar-refractivity contribution in [3.63, 3.8) is 0 Å². The fraction of sp³-hybridized carbons (Fsp3) is 0.818. The predicted molar refractivity (Wildman–Crippen MR) is 58.3 cm³/mol. The summed E-state index contributed by atoms with van der Waals surface area (Å²) in [6, 6.07) is 2.40. The van der Waals surface area contributed by atoms with Crippen molar-refractivity contribution in [3.8, 4) is 6.07 Å². The highest BCUT2D eigenvalue weighted by molar-refractivity contribution is 5.74. The maximum absolute atomic E-state index is 11.7. The van der Waals surface area contributed by atoms with E-state index < -0.39 is 0 Å². The highest BCUT2D eigenvalue weighted by Gasteiger charge is 2.19. The first-order valence-electron chi connectivity index (χ1n) is 5.70. The van der Waals surface area contributed by atoms with Crippen LogP contribution in [0.5, 0.6) is 0 Å². The van der Waals surface area contributed by atoms with Gasteiger partial charge in [-0.15, -0.1) is 0 Å². The minimum absolute atomic E-state index is 0.0142. The van der Waals surface area contributed by atoms with Gasteiger partial charge in [-0.1, -0.05) is 12.8 Å². The third-order valence-electron chi connectivity index (χ3n) is 2.85. The largest absolute Gasteiger partial charge is 0.335 e. The number of urea groups is 1. The molecule has 0 unspecified atom stereocenters. The van der Waals surface area contributed by atoms with Gasteiger partial charge in [0.1, 0.15) is 0 Å². The number of rotatable bonds is 4. The van der Waals surface area contributed by atoms with Crippen molar-refractivity contribution >= 4 is 6.03 Å². The van der Waals surface area contributed by atoms with Gasteiger partial charge in [-0.25, -0.2) is 4.79 Å². The van der Waals surface area contributed by atoms with Crippen LogP contribution in [0.3, 0.4) is 0 Å². The van der Waals surface area contributed by atoms with E-state index in [-0.39, 0.29) is 6.03 Å². The molecule has 0 bridgehead atoms. The molecule has 84 valence electrons. The Labute approximate surface area is 91.2 Å². The fourth-order valence-electron chi connectivity index (χ4n) is 1.92. The summed E-state index contributed by atoms with van der Waals surface area (Å²) in [5.74, 6) is 0. The number of nitrogens with zero attached hydrogens (tertiary/aromatic N) is 2. The molecule has 1 saturated carbocycles. The molecule has 0 aromatic carbocycles. The Morgan fingerprint density at radius 2 is 2.20 bits per heavy atom. The maximum Gasteiger partial charge on any atom is 0.317 e. The molecule has 1 aliphatic carbocycles. The SMILES string of the molecule is CCN(CCC#N)C(=O)NC1CCCC1. The lowest BCUT2D eigenvalue weighted by Crippen LogP contribution is -2.44. The number of carbonyl (C=O) groups excluding carboxylic acids is 1. The molecule has 0 aliphatic heterocycles. The van der Waals surface area contributed by atoms with E-state index in [1.54, 1.807) is 4.90 Å². The van der Waals surface area contributed by atoms with Gasteiger partial charge >= 0.3 is 6.03 Å². The van der Waals surface area contributed by atoms with Gasteiger partial charge in [0.25, 0.3) is 0 Å². The molecule has 0 aromatic rings. The van der Waals surface area contributed by atoms with Gasteiger partial charge < -0.3 is 10.2 Å². The van der Waals surface area contributed by atoms with E-state index in [0.29, 0.717) is 25.6 Å². The molecular weight excluding hydrogens is 190 g/mol. The Morgan fingerprint density at radius 1 is 1.53 bits per heavy atom. The van der Waals surface area contributed by atoms with Crippen LogP contribution in [0.1, 0.15) is 39.0 Å². The molecule has 0 atom stereocenters. The van der Waals surface area contributed by atoms with E-state index >= 15 is 0 Å². The van der Waals surface area contributed by atoms with Crippen molar-refractivity contribution in [2.24, 2.45) is 0 Å². The average molecular weight is 209 g/mol. The quantitative estimate of drug-likeness (QED) is 0.768. The van der Waals surface area contributed by atoms with Crippen molar-refractivity contribution in [3.05, 3.63) is 0 Å². The lowest BCUT2D eigenvalue weighted by Gasteiger charge is -2.22. The molecule has 0 spiro atoms. The van der Waals surface area contributed by atoms with Gasteiger partial charge in [-0.3, -0.25) is 0 Å². The number of carbonyl (C=O) groups is 1. The molecular formula is C11H19N3O. The first-order valence-corrected chi connectivity index (χ1v) is 5.70. The second kappa shape index (κ2) is 6.28. The van der Waals surface area contributed by atoms with E-state index in [2.05, 4.69) is 11.4 Å². The number of nitrogens with one attached hydrogen (secondary N) is 1. The zero-order valence-corrected chi connectivity index (χ0v) is 9.33. The Hall–Kier alpha value is -1.24. The highest BCUT2D eigenvalue weighted by Crippen LogP contribution is 2.17. The third-order valence-corrected chi connectivity index (χ3v) is 2.85. The molecule has 0 heterocycles.